The molecule has 1 N–H and O–H groups in total. The molecule has 0 aliphatic carbocycles. The predicted octanol–water partition coefficient (Wildman–Crippen LogP) is 0.972. The highest BCUT2D eigenvalue weighted by atomic mass is 79.9. The minimum absolute atomic E-state index is 0.381. The summed E-state index contributed by atoms with van der Waals surface area (Å²) in [5, 5.41) is 2.91. The van der Waals surface area contributed by atoms with Crippen LogP contribution in [-0.2, 0) is 11.3 Å². The average molecular weight is 307 g/mol. The van der Waals surface area contributed by atoms with E-state index in [9.17, 15) is 8.76 Å². The first-order valence-electron chi connectivity index (χ1n) is 4.70. The highest BCUT2D eigenvalue weighted by molar-refractivity contribution is 9.10. The molecule has 0 fully saturated rings. The van der Waals surface area contributed by atoms with E-state index in [1.165, 1.54) is 4.31 Å². The molecule has 1 aromatic heterocycles. The van der Waals surface area contributed by atoms with Gasteiger partial charge >= 0.3 is 0 Å². The minimum atomic E-state index is -2.29. The molecule has 0 aliphatic rings. The Labute approximate surface area is 106 Å². The maximum absolute atomic E-state index is 11.1. The SMILES string of the molecule is CNCCN(c1cc(Br)cnc1C)S(=O)[O-]. The summed E-state index contributed by atoms with van der Waals surface area (Å²) in [5.74, 6) is 0. The molecule has 1 unspecified atom stereocenters. The van der Waals surface area contributed by atoms with Gasteiger partial charge in [0.2, 0.25) is 0 Å². The first-order valence-corrected chi connectivity index (χ1v) is 6.52. The van der Waals surface area contributed by atoms with Crippen LogP contribution in [0.4, 0.5) is 5.69 Å². The standard InChI is InChI=1S/C9H14BrN3O2S/c1-7-9(5-8(10)6-12-7)13(16(14)15)4-3-11-2/h5-6,11H,3-4H2,1-2H3,(H,14,15)/p-1. The van der Waals surface area contributed by atoms with Gasteiger partial charge in [0.15, 0.2) is 0 Å². The van der Waals surface area contributed by atoms with Gasteiger partial charge in [-0.3, -0.25) is 13.5 Å². The van der Waals surface area contributed by atoms with Crippen LogP contribution < -0.4 is 9.62 Å². The molecule has 0 saturated carbocycles. The fourth-order valence-corrected chi connectivity index (χ4v) is 2.14. The van der Waals surface area contributed by atoms with Crippen molar-refractivity contribution in [1.82, 2.24) is 10.3 Å². The smallest absolute Gasteiger partial charge is 0.0706 e. The molecular formula is C9H13BrN3O2S-. The molecule has 0 bridgehead atoms. The second kappa shape index (κ2) is 6.29. The number of pyridine rings is 1. The summed E-state index contributed by atoms with van der Waals surface area (Å²) in [5.41, 5.74) is 1.28. The van der Waals surface area contributed by atoms with Gasteiger partial charge in [0.05, 0.1) is 11.4 Å². The third-order valence-corrected chi connectivity index (χ3v) is 3.21. The molecule has 90 valence electrons. The van der Waals surface area contributed by atoms with Crippen LogP contribution in [0.25, 0.3) is 0 Å². The molecule has 1 atom stereocenters. The lowest BCUT2D eigenvalue weighted by Crippen LogP contribution is -2.32. The third kappa shape index (κ3) is 3.51. The van der Waals surface area contributed by atoms with E-state index in [4.69, 9.17) is 0 Å². The van der Waals surface area contributed by atoms with Gasteiger partial charge in [-0.25, -0.2) is 0 Å². The Morgan fingerprint density at radius 2 is 2.38 bits per heavy atom. The van der Waals surface area contributed by atoms with Crippen LogP contribution in [0, 0.1) is 6.92 Å². The second-order valence-corrected chi connectivity index (χ2v) is 4.97. The summed E-state index contributed by atoms with van der Waals surface area (Å²) in [6.45, 7) is 2.74. The van der Waals surface area contributed by atoms with Crippen LogP contribution in [-0.4, -0.2) is 33.9 Å². The van der Waals surface area contributed by atoms with Crippen molar-refractivity contribution in [1.29, 1.82) is 0 Å². The first-order chi connectivity index (χ1) is 7.56. The Morgan fingerprint density at radius 3 is 2.94 bits per heavy atom. The average Bonchev–Trinajstić information content (AvgIpc) is 2.23. The molecule has 1 heterocycles. The van der Waals surface area contributed by atoms with E-state index in [-0.39, 0.29) is 0 Å². The number of nitrogens with one attached hydrogen (secondary N) is 1. The van der Waals surface area contributed by atoms with Crippen molar-refractivity contribution in [3.05, 3.63) is 22.4 Å². The van der Waals surface area contributed by atoms with E-state index in [2.05, 4.69) is 26.2 Å². The topological polar surface area (TPSA) is 68.3 Å². The van der Waals surface area contributed by atoms with Gasteiger partial charge < -0.3 is 9.87 Å². The van der Waals surface area contributed by atoms with Crippen LogP contribution in [0.2, 0.25) is 0 Å². The van der Waals surface area contributed by atoms with Crippen LogP contribution >= 0.6 is 15.9 Å². The normalized spacial score (nSPS) is 12.5. The van der Waals surface area contributed by atoms with Gasteiger partial charge in [0.25, 0.3) is 0 Å². The second-order valence-electron chi connectivity index (χ2n) is 3.18. The highest BCUT2D eigenvalue weighted by Gasteiger charge is 2.10. The molecule has 16 heavy (non-hydrogen) atoms. The summed E-state index contributed by atoms with van der Waals surface area (Å²) in [7, 11) is 1.78. The number of halogens is 1. The zero-order valence-electron chi connectivity index (χ0n) is 9.07. The molecule has 0 aliphatic heterocycles. The Balaban J connectivity index is 3.00. The maximum Gasteiger partial charge on any atom is 0.0706 e. The van der Waals surface area contributed by atoms with Crippen molar-refractivity contribution in [2.45, 2.75) is 6.92 Å². The van der Waals surface area contributed by atoms with Gasteiger partial charge in [0, 0.05) is 35.0 Å². The molecule has 0 amide bonds. The van der Waals surface area contributed by atoms with Crippen molar-refractivity contribution >= 4 is 32.9 Å². The van der Waals surface area contributed by atoms with Crippen molar-refractivity contribution in [2.24, 2.45) is 0 Å². The zero-order valence-corrected chi connectivity index (χ0v) is 11.5. The molecule has 5 nitrogen and oxygen atoms in total. The van der Waals surface area contributed by atoms with Gasteiger partial charge in [-0.05, 0) is 36.0 Å². The van der Waals surface area contributed by atoms with E-state index < -0.39 is 11.3 Å². The summed E-state index contributed by atoms with van der Waals surface area (Å²) < 4.78 is 24.3. The number of aromatic nitrogens is 1. The lowest BCUT2D eigenvalue weighted by Gasteiger charge is -2.27. The van der Waals surface area contributed by atoms with Gasteiger partial charge in [-0.15, -0.1) is 0 Å². The predicted molar refractivity (Wildman–Crippen MR) is 66.9 cm³/mol. The van der Waals surface area contributed by atoms with Crippen LogP contribution in [0.5, 0.6) is 0 Å². The molecule has 1 aromatic rings. The number of hydrogen-bond acceptors (Lipinski definition) is 4. The van der Waals surface area contributed by atoms with E-state index >= 15 is 0 Å². The number of anilines is 1. The minimum Gasteiger partial charge on any atom is -0.755 e. The van der Waals surface area contributed by atoms with Crippen molar-refractivity contribution in [3.8, 4) is 0 Å². The fourth-order valence-electron chi connectivity index (χ4n) is 1.24. The monoisotopic (exact) mass is 306 g/mol. The number of hydrogen-bond donors (Lipinski definition) is 1. The Bertz CT molecular complexity index is 389. The van der Waals surface area contributed by atoms with Gasteiger partial charge in [-0.2, -0.15) is 0 Å². The Hall–Kier alpha value is -0.500. The van der Waals surface area contributed by atoms with E-state index in [1.54, 1.807) is 26.2 Å². The number of aryl methyl sites for hydroxylation is 1. The highest BCUT2D eigenvalue weighted by Crippen LogP contribution is 2.23. The summed E-state index contributed by atoms with van der Waals surface area (Å²) in [4.78, 5) is 4.11. The molecule has 0 saturated heterocycles. The fraction of sp³-hybridized carbons (Fsp3) is 0.444. The summed E-state index contributed by atoms with van der Waals surface area (Å²) in [6, 6.07) is 1.74. The van der Waals surface area contributed by atoms with Gasteiger partial charge in [-0.1, -0.05) is 0 Å². The Morgan fingerprint density at radius 1 is 1.69 bits per heavy atom. The van der Waals surface area contributed by atoms with Crippen molar-refractivity contribution in [2.75, 3.05) is 24.4 Å². The quantitative estimate of drug-likeness (QED) is 0.823. The van der Waals surface area contributed by atoms with Crippen LogP contribution in [0.1, 0.15) is 5.69 Å². The molecule has 7 heteroatoms. The zero-order chi connectivity index (χ0) is 12.1. The van der Waals surface area contributed by atoms with E-state index in [0.717, 1.165) is 4.47 Å². The molecular weight excluding hydrogens is 294 g/mol. The molecule has 0 radical (unpaired) electrons. The van der Waals surface area contributed by atoms with Crippen molar-refractivity contribution < 1.29 is 8.76 Å². The summed E-state index contributed by atoms with van der Waals surface area (Å²) in [6.07, 6.45) is 1.64. The van der Waals surface area contributed by atoms with Gasteiger partial charge in [0.1, 0.15) is 0 Å². The third-order valence-electron chi connectivity index (χ3n) is 2.04. The number of rotatable bonds is 5. The molecule has 0 spiro atoms. The van der Waals surface area contributed by atoms with E-state index in [0.29, 0.717) is 24.5 Å². The number of likely N-dealkylation sites (N-methyl/N-ethyl adjacent to an activating group) is 1. The lowest BCUT2D eigenvalue weighted by atomic mass is 10.3. The Kier molecular flexibility index (Phi) is 5.33. The van der Waals surface area contributed by atoms with Crippen LogP contribution in [0.3, 0.4) is 0 Å². The first kappa shape index (κ1) is 13.6. The van der Waals surface area contributed by atoms with Crippen molar-refractivity contribution in [3.63, 3.8) is 0 Å². The maximum atomic E-state index is 11.1. The van der Waals surface area contributed by atoms with Crippen LogP contribution in [0.15, 0.2) is 16.7 Å². The largest absolute Gasteiger partial charge is 0.755 e. The molecule has 0 aromatic carbocycles. The number of nitrogens with zero attached hydrogens (tertiary/aromatic N) is 2. The lowest BCUT2D eigenvalue weighted by molar-refractivity contribution is 0.531. The van der Waals surface area contributed by atoms with E-state index in [1.807, 2.05) is 0 Å². The molecule has 1 rings (SSSR count). The summed E-state index contributed by atoms with van der Waals surface area (Å²) >= 11 is 0.984.